The lowest BCUT2D eigenvalue weighted by Gasteiger charge is -2.17. The average molecular weight is 251 g/mol. The largest absolute Gasteiger partial charge is 0.353 e. The van der Waals surface area contributed by atoms with Crippen LogP contribution in [0.3, 0.4) is 0 Å². The molecule has 0 aliphatic rings. The van der Waals surface area contributed by atoms with Crippen molar-refractivity contribution < 1.29 is 9.18 Å². The molecule has 0 saturated carbocycles. The number of carbonyl (C=O) groups excluding carboxylic acids is 1. The summed E-state index contributed by atoms with van der Waals surface area (Å²) in [5.41, 5.74) is 1.03. The maximum atomic E-state index is 12.8. The monoisotopic (exact) mass is 251 g/mol. The first-order valence-corrected chi connectivity index (χ1v) is 6.57. The minimum absolute atomic E-state index is 0.0608. The van der Waals surface area contributed by atoms with Crippen molar-refractivity contribution in [1.29, 1.82) is 0 Å². The fourth-order valence-corrected chi connectivity index (χ4v) is 1.97. The fraction of sp³-hybridized carbons (Fsp3) is 0.533. The first-order valence-electron chi connectivity index (χ1n) is 6.57. The average Bonchev–Trinajstić information content (AvgIpc) is 2.32. The lowest BCUT2D eigenvalue weighted by atomic mass is 10.0. The summed E-state index contributed by atoms with van der Waals surface area (Å²) in [5, 5.41) is 2.99. The number of carbonyl (C=O) groups is 1. The van der Waals surface area contributed by atoms with E-state index in [1.54, 1.807) is 12.1 Å². The van der Waals surface area contributed by atoms with E-state index in [2.05, 4.69) is 12.2 Å². The molecule has 0 spiro atoms. The molecule has 2 atom stereocenters. The number of hydrogen-bond donors (Lipinski definition) is 1. The van der Waals surface area contributed by atoms with E-state index in [9.17, 15) is 9.18 Å². The number of rotatable bonds is 6. The normalized spacial score (nSPS) is 14.0. The SMILES string of the molecule is CCCC(C)C(=O)NC(C)Cc1ccc(F)cc1. The lowest BCUT2D eigenvalue weighted by Crippen LogP contribution is -2.37. The number of halogens is 1. The van der Waals surface area contributed by atoms with Crippen molar-refractivity contribution in [3.05, 3.63) is 35.6 Å². The molecule has 18 heavy (non-hydrogen) atoms. The molecule has 1 amide bonds. The summed E-state index contributed by atoms with van der Waals surface area (Å²) in [6, 6.07) is 6.48. The van der Waals surface area contributed by atoms with Gasteiger partial charge in [-0.3, -0.25) is 4.79 Å². The fourth-order valence-electron chi connectivity index (χ4n) is 1.97. The van der Waals surface area contributed by atoms with Crippen LogP contribution in [0.1, 0.15) is 39.2 Å². The number of nitrogens with one attached hydrogen (secondary N) is 1. The van der Waals surface area contributed by atoms with Gasteiger partial charge in [-0.1, -0.05) is 32.4 Å². The predicted molar refractivity (Wildman–Crippen MR) is 71.8 cm³/mol. The predicted octanol–water partition coefficient (Wildman–Crippen LogP) is 3.31. The highest BCUT2D eigenvalue weighted by Gasteiger charge is 2.14. The number of benzene rings is 1. The van der Waals surface area contributed by atoms with Crippen molar-refractivity contribution in [1.82, 2.24) is 5.32 Å². The molecule has 2 nitrogen and oxygen atoms in total. The van der Waals surface area contributed by atoms with Crippen LogP contribution in [0, 0.1) is 11.7 Å². The Hall–Kier alpha value is -1.38. The van der Waals surface area contributed by atoms with Crippen molar-refractivity contribution in [2.24, 2.45) is 5.92 Å². The van der Waals surface area contributed by atoms with Gasteiger partial charge < -0.3 is 5.32 Å². The molecular formula is C15H22FNO. The van der Waals surface area contributed by atoms with Gasteiger partial charge >= 0.3 is 0 Å². The highest BCUT2D eigenvalue weighted by Crippen LogP contribution is 2.08. The minimum Gasteiger partial charge on any atom is -0.353 e. The van der Waals surface area contributed by atoms with Gasteiger partial charge in [-0.15, -0.1) is 0 Å². The molecule has 0 fully saturated rings. The molecule has 0 radical (unpaired) electrons. The minimum atomic E-state index is -0.230. The van der Waals surface area contributed by atoms with E-state index in [0.29, 0.717) is 0 Å². The van der Waals surface area contributed by atoms with Gasteiger partial charge in [-0.05, 0) is 37.5 Å². The third kappa shape index (κ3) is 4.86. The number of amides is 1. The molecule has 1 aromatic rings. The van der Waals surface area contributed by atoms with Crippen LogP contribution in [0.2, 0.25) is 0 Å². The summed E-state index contributed by atoms with van der Waals surface area (Å²) < 4.78 is 12.8. The summed E-state index contributed by atoms with van der Waals surface area (Å²) >= 11 is 0. The molecule has 0 bridgehead atoms. The highest BCUT2D eigenvalue weighted by atomic mass is 19.1. The Morgan fingerprint density at radius 3 is 2.44 bits per heavy atom. The third-order valence-electron chi connectivity index (χ3n) is 3.01. The maximum Gasteiger partial charge on any atom is 0.223 e. The van der Waals surface area contributed by atoms with E-state index in [1.807, 2.05) is 13.8 Å². The summed E-state index contributed by atoms with van der Waals surface area (Å²) in [4.78, 5) is 11.8. The summed E-state index contributed by atoms with van der Waals surface area (Å²) in [6.45, 7) is 6.00. The maximum absolute atomic E-state index is 12.8. The van der Waals surface area contributed by atoms with Gasteiger partial charge in [0.05, 0.1) is 0 Å². The van der Waals surface area contributed by atoms with Gasteiger partial charge in [0, 0.05) is 12.0 Å². The van der Waals surface area contributed by atoms with E-state index in [4.69, 9.17) is 0 Å². The molecule has 0 aliphatic heterocycles. The molecule has 0 saturated heterocycles. The van der Waals surface area contributed by atoms with Crippen LogP contribution in [0.5, 0.6) is 0 Å². The van der Waals surface area contributed by atoms with E-state index < -0.39 is 0 Å². The topological polar surface area (TPSA) is 29.1 Å². The molecule has 1 rings (SSSR count). The van der Waals surface area contributed by atoms with Crippen molar-refractivity contribution in [2.75, 3.05) is 0 Å². The van der Waals surface area contributed by atoms with Gasteiger partial charge in [0.25, 0.3) is 0 Å². The Labute approximate surface area is 109 Å². The third-order valence-corrected chi connectivity index (χ3v) is 3.01. The molecule has 1 aromatic carbocycles. The van der Waals surface area contributed by atoms with Crippen molar-refractivity contribution >= 4 is 5.91 Å². The quantitative estimate of drug-likeness (QED) is 0.825. The van der Waals surface area contributed by atoms with E-state index in [0.717, 1.165) is 24.8 Å². The molecule has 3 heteroatoms. The molecular weight excluding hydrogens is 229 g/mol. The van der Waals surface area contributed by atoms with Gasteiger partial charge in [0.15, 0.2) is 0 Å². The molecule has 100 valence electrons. The second kappa shape index (κ2) is 7.14. The second-order valence-corrected chi connectivity index (χ2v) is 4.93. The Morgan fingerprint density at radius 1 is 1.28 bits per heavy atom. The van der Waals surface area contributed by atoms with Crippen molar-refractivity contribution in [3.63, 3.8) is 0 Å². The van der Waals surface area contributed by atoms with Crippen molar-refractivity contribution in [2.45, 2.75) is 46.1 Å². The zero-order valence-corrected chi connectivity index (χ0v) is 11.4. The Kier molecular flexibility index (Phi) is 5.83. The molecule has 1 N–H and O–H groups in total. The van der Waals surface area contributed by atoms with E-state index >= 15 is 0 Å². The summed E-state index contributed by atoms with van der Waals surface area (Å²) in [7, 11) is 0. The Morgan fingerprint density at radius 2 is 1.89 bits per heavy atom. The summed E-state index contributed by atoms with van der Waals surface area (Å²) in [6.07, 6.45) is 2.65. The van der Waals surface area contributed by atoms with Crippen molar-refractivity contribution in [3.8, 4) is 0 Å². The Bertz CT molecular complexity index is 375. The van der Waals surface area contributed by atoms with Gasteiger partial charge in [-0.2, -0.15) is 0 Å². The van der Waals surface area contributed by atoms with Crippen LogP contribution in [0.15, 0.2) is 24.3 Å². The van der Waals surface area contributed by atoms with Gasteiger partial charge in [0.2, 0.25) is 5.91 Å². The molecule has 0 aliphatic carbocycles. The molecule has 2 unspecified atom stereocenters. The molecule has 0 aromatic heterocycles. The Balaban J connectivity index is 2.43. The van der Waals surface area contributed by atoms with Crippen LogP contribution < -0.4 is 5.32 Å². The van der Waals surface area contributed by atoms with Crippen LogP contribution in [0.4, 0.5) is 4.39 Å². The van der Waals surface area contributed by atoms with Gasteiger partial charge in [-0.25, -0.2) is 4.39 Å². The second-order valence-electron chi connectivity index (χ2n) is 4.93. The number of hydrogen-bond acceptors (Lipinski definition) is 1. The highest BCUT2D eigenvalue weighted by molar-refractivity contribution is 5.78. The van der Waals surface area contributed by atoms with Crippen LogP contribution in [0.25, 0.3) is 0 Å². The van der Waals surface area contributed by atoms with Crippen LogP contribution in [-0.4, -0.2) is 11.9 Å². The zero-order valence-electron chi connectivity index (χ0n) is 11.4. The smallest absolute Gasteiger partial charge is 0.223 e. The lowest BCUT2D eigenvalue weighted by molar-refractivity contribution is -0.125. The van der Waals surface area contributed by atoms with E-state index in [-0.39, 0.29) is 23.7 Å². The van der Waals surface area contributed by atoms with E-state index in [1.165, 1.54) is 12.1 Å². The van der Waals surface area contributed by atoms with Gasteiger partial charge in [0.1, 0.15) is 5.82 Å². The van der Waals surface area contributed by atoms with Crippen LogP contribution in [-0.2, 0) is 11.2 Å². The van der Waals surface area contributed by atoms with Crippen LogP contribution >= 0.6 is 0 Å². The summed E-state index contributed by atoms with van der Waals surface area (Å²) in [5.74, 6) is -0.0656. The standard InChI is InChI=1S/C15H22FNO/c1-4-5-11(2)15(18)17-12(3)10-13-6-8-14(16)9-7-13/h6-9,11-12H,4-5,10H2,1-3H3,(H,17,18). The molecule has 0 heterocycles. The first-order chi connectivity index (χ1) is 8.52. The zero-order chi connectivity index (χ0) is 13.5. The first kappa shape index (κ1) is 14.7.